The molecule has 1 aromatic rings. The number of rotatable bonds is 2. The van der Waals surface area contributed by atoms with E-state index in [9.17, 15) is 0 Å². The lowest BCUT2D eigenvalue weighted by molar-refractivity contribution is -0.0431. The van der Waals surface area contributed by atoms with Crippen LogP contribution in [0.5, 0.6) is 11.5 Å². The third-order valence-electron chi connectivity index (χ3n) is 4.47. The largest absolute Gasteiger partial charge is 0.449 e. The van der Waals surface area contributed by atoms with Crippen LogP contribution in [0.2, 0.25) is 0 Å². The lowest BCUT2D eigenvalue weighted by atomic mass is 9.80. The highest BCUT2D eigenvalue weighted by Gasteiger charge is 2.32. The second kappa shape index (κ2) is 4.87. The molecular formula is C17H25NO2. The van der Waals surface area contributed by atoms with Crippen LogP contribution in [0.25, 0.3) is 0 Å². The van der Waals surface area contributed by atoms with Crippen molar-refractivity contribution in [3.63, 3.8) is 0 Å². The van der Waals surface area contributed by atoms with Crippen LogP contribution in [0, 0.1) is 11.8 Å². The third-order valence-corrected chi connectivity index (χ3v) is 4.47. The molecule has 2 aliphatic rings. The third kappa shape index (κ3) is 2.72. The molecule has 1 fully saturated rings. The monoisotopic (exact) mass is 275 g/mol. The van der Waals surface area contributed by atoms with Gasteiger partial charge in [-0.1, -0.05) is 20.3 Å². The van der Waals surface area contributed by atoms with Gasteiger partial charge in [-0.3, -0.25) is 0 Å². The van der Waals surface area contributed by atoms with Gasteiger partial charge in [-0.25, -0.2) is 0 Å². The van der Waals surface area contributed by atoms with Crippen LogP contribution in [-0.2, 0) is 0 Å². The smallest absolute Gasteiger partial charge is 0.246 e. The highest BCUT2D eigenvalue weighted by Crippen LogP contribution is 2.41. The van der Waals surface area contributed by atoms with Crippen LogP contribution in [0.3, 0.4) is 0 Å². The Morgan fingerprint density at radius 2 is 1.85 bits per heavy atom. The van der Waals surface area contributed by atoms with Gasteiger partial charge in [-0.2, -0.15) is 0 Å². The average Bonchev–Trinajstić information content (AvgIpc) is 2.67. The highest BCUT2D eigenvalue weighted by molar-refractivity contribution is 5.56. The first-order chi connectivity index (χ1) is 9.43. The van der Waals surface area contributed by atoms with Gasteiger partial charge in [-0.15, -0.1) is 0 Å². The summed E-state index contributed by atoms with van der Waals surface area (Å²) in [7, 11) is 0. The number of fused-ring (bicyclic) bond motifs is 1. The Hall–Kier alpha value is -1.38. The molecular weight excluding hydrogens is 250 g/mol. The predicted molar refractivity (Wildman–Crippen MR) is 81.4 cm³/mol. The molecule has 0 saturated heterocycles. The Labute approximate surface area is 121 Å². The average molecular weight is 275 g/mol. The maximum atomic E-state index is 5.81. The molecule has 1 aliphatic heterocycles. The maximum absolute atomic E-state index is 5.81. The molecule has 1 aliphatic carbocycles. The van der Waals surface area contributed by atoms with Crippen LogP contribution in [-0.4, -0.2) is 11.8 Å². The Morgan fingerprint density at radius 1 is 1.10 bits per heavy atom. The van der Waals surface area contributed by atoms with E-state index < -0.39 is 5.79 Å². The van der Waals surface area contributed by atoms with Crippen molar-refractivity contribution in [2.75, 3.05) is 5.32 Å². The minimum atomic E-state index is -0.548. The molecule has 3 atom stereocenters. The quantitative estimate of drug-likeness (QED) is 0.866. The van der Waals surface area contributed by atoms with E-state index in [4.69, 9.17) is 9.47 Å². The summed E-state index contributed by atoms with van der Waals surface area (Å²) in [4.78, 5) is 0. The fourth-order valence-corrected chi connectivity index (χ4v) is 3.26. The van der Waals surface area contributed by atoms with Crippen LogP contribution in [0.15, 0.2) is 18.2 Å². The van der Waals surface area contributed by atoms with E-state index in [0.717, 1.165) is 29.0 Å². The van der Waals surface area contributed by atoms with Crippen molar-refractivity contribution in [2.45, 2.75) is 58.8 Å². The van der Waals surface area contributed by atoms with Gasteiger partial charge in [0.1, 0.15) is 0 Å². The fourth-order valence-electron chi connectivity index (χ4n) is 3.26. The molecule has 1 N–H and O–H groups in total. The number of benzene rings is 1. The summed E-state index contributed by atoms with van der Waals surface area (Å²) in [5, 5.41) is 3.68. The molecule has 3 heteroatoms. The standard InChI is InChI=1S/C17H25NO2/c1-11-5-6-12(2)14(9-11)18-13-7-8-15-16(10-13)20-17(3,4)19-15/h7-8,10-12,14,18H,5-6,9H2,1-4H3. The lowest BCUT2D eigenvalue weighted by Gasteiger charge is -2.34. The van der Waals surface area contributed by atoms with Crippen molar-refractivity contribution in [3.05, 3.63) is 18.2 Å². The zero-order valence-corrected chi connectivity index (χ0v) is 12.9. The molecule has 1 aromatic carbocycles. The van der Waals surface area contributed by atoms with E-state index in [1.165, 1.54) is 19.3 Å². The first-order valence-corrected chi connectivity index (χ1v) is 7.71. The van der Waals surface area contributed by atoms with Crippen LogP contribution in [0.4, 0.5) is 5.69 Å². The molecule has 0 amide bonds. The molecule has 0 aromatic heterocycles. The van der Waals surface area contributed by atoms with E-state index in [1.54, 1.807) is 0 Å². The van der Waals surface area contributed by atoms with Gasteiger partial charge < -0.3 is 14.8 Å². The van der Waals surface area contributed by atoms with Gasteiger partial charge in [0.05, 0.1) is 0 Å². The van der Waals surface area contributed by atoms with E-state index in [-0.39, 0.29) is 0 Å². The SMILES string of the molecule is CC1CCC(C)C(Nc2ccc3c(c2)OC(C)(C)O3)C1. The second-order valence-electron chi connectivity index (χ2n) is 6.91. The van der Waals surface area contributed by atoms with E-state index in [0.29, 0.717) is 6.04 Å². The number of nitrogens with one attached hydrogen (secondary N) is 1. The van der Waals surface area contributed by atoms with E-state index in [2.05, 4.69) is 31.3 Å². The fraction of sp³-hybridized carbons (Fsp3) is 0.647. The Bertz CT molecular complexity index is 498. The minimum Gasteiger partial charge on any atom is -0.449 e. The van der Waals surface area contributed by atoms with Crippen molar-refractivity contribution in [1.82, 2.24) is 0 Å². The van der Waals surface area contributed by atoms with Crippen molar-refractivity contribution in [1.29, 1.82) is 0 Å². The summed E-state index contributed by atoms with van der Waals surface area (Å²) in [5.41, 5.74) is 1.14. The molecule has 1 saturated carbocycles. The Kier molecular flexibility index (Phi) is 3.31. The van der Waals surface area contributed by atoms with Crippen LogP contribution in [0.1, 0.15) is 47.0 Å². The van der Waals surface area contributed by atoms with Gasteiger partial charge in [0.15, 0.2) is 11.5 Å². The number of anilines is 1. The van der Waals surface area contributed by atoms with Gasteiger partial charge in [-0.05, 0) is 36.8 Å². The molecule has 3 rings (SSSR count). The van der Waals surface area contributed by atoms with Gasteiger partial charge >= 0.3 is 0 Å². The summed E-state index contributed by atoms with van der Waals surface area (Å²) < 4.78 is 11.5. The number of ether oxygens (including phenoxy) is 2. The van der Waals surface area contributed by atoms with Crippen molar-refractivity contribution >= 4 is 5.69 Å². The maximum Gasteiger partial charge on any atom is 0.246 e. The molecule has 3 nitrogen and oxygen atoms in total. The predicted octanol–water partition coefficient (Wildman–Crippen LogP) is 4.43. The van der Waals surface area contributed by atoms with Crippen molar-refractivity contribution in [3.8, 4) is 11.5 Å². The summed E-state index contributed by atoms with van der Waals surface area (Å²) in [6.45, 7) is 8.57. The summed E-state index contributed by atoms with van der Waals surface area (Å²) >= 11 is 0. The van der Waals surface area contributed by atoms with E-state index in [1.807, 2.05) is 19.9 Å². The zero-order valence-electron chi connectivity index (χ0n) is 12.9. The normalized spacial score (nSPS) is 31.1. The molecule has 110 valence electrons. The molecule has 3 unspecified atom stereocenters. The molecule has 20 heavy (non-hydrogen) atoms. The molecule has 1 heterocycles. The molecule has 0 radical (unpaired) electrons. The Balaban J connectivity index is 1.73. The van der Waals surface area contributed by atoms with E-state index >= 15 is 0 Å². The first-order valence-electron chi connectivity index (χ1n) is 7.71. The number of hydrogen-bond donors (Lipinski definition) is 1. The van der Waals surface area contributed by atoms with Gasteiger partial charge in [0.2, 0.25) is 5.79 Å². The summed E-state index contributed by atoms with van der Waals surface area (Å²) in [5.74, 6) is 2.68. The molecule has 0 bridgehead atoms. The topological polar surface area (TPSA) is 30.5 Å². The van der Waals surface area contributed by atoms with Gasteiger partial charge in [0.25, 0.3) is 0 Å². The highest BCUT2D eigenvalue weighted by atomic mass is 16.7. The number of hydrogen-bond acceptors (Lipinski definition) is 3. The minimum absolute atomic E-state index is 0.548. The second-order valence-corrected chi connectivity index (χ2v) is 6.91. The van der Waals surface area contributed by atoms with Gasteiger partial charge in [0, 0.05) is 31.6 Å². The van der Waals surface area contributed by atoms with Crippen LogP contribution < -0.4 is 14.8 Å². The zero-order chi connectivity index (χ0) is 14.3. The summed E-state index contributed by atoms with van der Waals surface area (Å²) in [6, 6.07) is 6.72. The lowest BCUT2D eigenvalue weighted by Crippen LogP contribution is -2.33. The molecule has 0 spiro atoms. The van der Waals surface area contributed by atoms with Crippen molar-refractivity contribution in [2.24, 2.45) is 11.8 Å². The Morgan fingerprint density at radius 3 is 2.65 bits per heavy atom. The van der Waals surface area contributed by atoms with Crippen LogP contribution >= 0.6 is 0 Å². The summed E-state index contributed by atoms with van der Waals surface area (Å²) in [6.07, 6.45) is 3.92. The first kappa shape index (κ1) is 13.6. The van der Waals surface area contributed by atoms with Crippen molar-refractivity contribution < 1.29 is 9.47 Å².